The summed E-state index contributed by atoms with van der Waals surface area (Å²) in [4.78, 5) is 14.9. The number of Topliss-reactive ketones (excluding diaryl/α,β-unsaturated/α-hetero) is 1. The first-order valence-electron chi connectivity index (χ1n) is 4.62. The standard InChI is InChI=1S/C11H18NO.2K/c1-8(2)7-11(12-6,9(3)4)10(5)13;;/h7-9H,1-5H3;;/q-1;2*+1. The molecule has 1 unspecified atom stereocenters. The van der Waals surface area contributed by atoms with Gasteiger partial charge in [-0.3, -0.25) is 4.79 Å². The Bertz CT molecular complexity index is 233. The SMILES string of the molecule is [C-]#[N+]C([CH-]C(C)C)(C(C)=O)C(C)C.[K+].[K+]. The smallest absolute Gasteiger partial charge is 0.336 e. The van der Waals surface area contributed by atoms with Crippen LogP contribution in [0.3, 0.4) is 0 Å². The van der Waals surface area contributed by atoms with E-state index in [1.165, 1.54) is 6.92 Å². The minimum absolute atomic E-state index is 0. The molecular formula is C11H18K2NO+. The van der Waals surface area contributed by atoms with Gasteiger partial charge in [0.05, 0.1) is 0 Å². The summed E-state index contributed by atoms with van der Waals surface area (Å²) < 4.78 is 0. The zero-order valence-electron chi connectivity index (χ0n) is 11.1. The molecule has 0 amide bonds. The second kappa shape index (κ2) is 10.4. The molecule has 74 valence electrons. The van der Waals surface area contributed by atoms with Crippen molar-refractivity contribution in [1.29, 1.82) is 0 Å². The number of hydrogen-bond acceptors (Lipinski definition) is 1. The van der Waals surface area contributed by atoms with Crippen LogP contribution in [0.5, 0.6) is 0 Å². The summed E-state index contributed by atoms with van der Waals surface area (Å²) in [6.07, 6.45) is 1.85. The molecule has 0 saturated heterocycles. The minimum Gasteiger partial charge on any atom is -0.336 e. The maximum Gasteiger partial charge on any atom is 1.00 e. The van der Waals surface area contributed by atoms with Gasteiger partial charge in [-0.25, -0.2) is 13.0 Å². The summed E-state index contributed by atoms with van der Waals surface area (Å²) in [5, 5.41) is 0. The number of ketones is 1. The molecule has 0 bridgehead atoms. The van der Waals surface area contributed by atoms with Gasteiger partial charge in [-0.1, -0.05) is 27.7 Å². The number of hydrogen-bond donors (Lipinski definition) is 0. The molecule has 0 saturated carbocycles. The Kier molecular flexibility index (Phi) is 15.6. The number of carbonyl (C=O) groups excluding carboxylic acids is 1. The van der Waals surface area contributed by atoms with Crippen molar-refractivity contribution in [3.63, 3.8) is 0 Å². The van der Waals surface area contributed by atoms with Gasteiger partial charge in [-0.15, -0.1) is 0 Å². The first-order chi connectivity index (χ1) is 5.86. The van der Waals surface area contributed by atoms with Gasteiger partial charge in [0, 0.05) is 5.92 Å². The molecule has 0 aliphatic rings. The van der Waals surface area contributed by atoms with Gasteiger partial charge in [0.25, 0.3) is 0 Å². The Morgan fingerprint density at radius 3 is 1.73 bits per heavy atom. The van der Waals surface area contributed by atoms with Crippen LogP contribution in [-0.2, 0) is 4.79 Å². The molecule has 0 fully saturated rings. The van der Waals surface area contributed by atoms with E-state index in [-0.39, 0.29) is 120 Å². The van der Waals surface area contributed by atoms with E-state index >= 15 is 0 Å². The molecule has 1 atom stereocenters. The van der Waals surface area contributed by atoms with Gasteiger partial charge >= 0.3 is 103 Å². The van der Waals surface area contributed by atoms with E-state index in [1.54, 1.807) is 0 Å². The fourth-order valence-corrected chi connectivity index (χ4v) is 1.47. The van der Waals surface area contributed by atoms with Crippen LogP contribution in [0.4, 0.5) is 0 Å². The fraction of sp³-hybridized carbons (Fsp3) is 0.727. The van der Waals surface area contributed by atoms with E-state index in [9.17, 15) is 4.79 Å². The summed E-state index contributed by atoms with van der Waals surface area (Å²) in [6, 6.07) is 0. The van der Waals surface area contributed by atoms with Crippen molar-refractivity contribution in [3.05, 3.63) is 17.8 Å². The molecule has 0 rings (SSSR count). The van der Waals surface area contributed by atoms with Crippen molar-refractivity contribution < 1.29 is 108 Å². The van der Waals surface area contributed by atoms with Crippen molar-refractivity contribution in [2.45, 2.75) is 40.2 Å². The van der Waals surface area contributed by atoms with E-state index in [1.807, 2.05) is 34.1 Å². The maximum atomic E-state index is 11.4. The van der Waals surface area contributed by atoms with E-state index in [0.29, 0.717) is 0 Å². The zero-order valence-corrected chi connectivity index (χ0v) is 17.3. The third-order valence-electron chi connectivity index (χ3n) is 2.22. The number of nitrogens with zero attached hydrogens (tertiary/aromatic N) is 1. The van der Waals surface area contributed by atoms with Gasteiger partial charge in [0.1, 0.15) is 0 Å². The van der Waals surface area contributed by atoms with Crippen LogP contribution in [-0.4, -0.2) is 11.3 Å². The monoisotopic (exact) mass is 258 g/mol. The molecule has 0 aromatic rings. The van der Waals surface area contributed by atoms with Crippen molar-refractivity contribution in [3.8, 4) is 0 Å². The summed E-state index contributed by atoms with van der Waals surface area (Å²) in [7, 11) is 0. The molecule has 0 aliphatic carbocycles. The largest absolute Gasteiger partial charge is 1.00 e. The van der Waals surface area contributed by atoms with Gasteiger partial charge in [0.2, 0.25) is 0 Å². The summed E-state index contributed by atoms with van der Waals surface area (Å²) in [5.41, 5.74) is -0.909. The second-order valence-electron chi connectivity index (χ2n) is 4.06. The molecule has 0 heterocycles. The van der Waals surface area contributed by atoms with E-state index in [0.717, 1.165) is 0 Å². The van der Waals surface area contributed by atoms with Crippen molar-refractivity contribution in [2.75, 3.05) is 0 Å². The van der Waals surface area contributed by atoms with E-state index < -0.39 is 5.54 Å². The Morgan fingerprint density at radius 1 is 1.27 bits per heavy atom. The zero-order chi connectivity index (χ0) is 10.6. The van der Waals surface area contributed by atoms with Crippen molar-refractivity contribution in [1.82, 2.24) is 0 Å². The van der Waals surface area contributed by atoms with Gasteiger partial charge < -0.3 is 4.85 Å². The molecule has 0 aromatic heterocycles. The molecule has 15 heavy (non-hydrogen) atoms. The topological polar surface area (TPSA) is 21.4 Å². The molecule has 0 aromatic carbocycles. The third kappa shape index (κ3) is 6.80. The predicted octanol–water partition coefficient (Wildman–Crippen LogP) is -3.24. The first-order valence-corrected chi connectivity index (χ1v) is 4.62. The Hall–Kier alpha value is 2.43. The number of rotatable bonds is 4. The quantitative estimate of drug-likeness (QED) is 0.384. The fourth-order valence-electron chi connectivity index (χ4n) is 1.47. The maximum absolute atomic E-state index is 11.4. The molecule has 0 radical (unpaired) electrons. The van der Waals surface area contributed by atoms with Crippen LogP contribution >= 0.6 is 0 Å². The average molecular weight is 258 g/mol. The summed E-state index contributed by atoms with van der Waals surface area (Å²) >= 11 is 0. The normalized spacial score (nSPS) is 13.5. The van der Waals surface area contributed by atoms with Crippen molar-refractivity contribution >= 4 is 5.78 Å². The molecule has 0 aliphatic heterocycles. The van der Waals surface area contributed by atoms with E-state index in [4.69, 9.17) is 6.57 Å². The van der Waals surface area contributed by atoms with Crippen LogP contribution < -0.4 is 103 Å². The van der Waals surface area contributed by atoms with Crippen LogP contribution in [0.2, 0.25) is 0 Å². The molecule has 0 N–H and O–H groups in total. The Balaban J connectivity index is -0.000000720. The second-order valence-corrected chi connectivity index (χ2v) is 4.06. The average Bonchev–Trinajstić information content (AvgIpc) is 1.98. The van der Waals surface area contributed by atoms with Crippen molar-refractivity contribution in [2.24, 2.45) is 11.8 Å². The van der Waals surface area contributed by atoms with Crippen LogP contribution in [0.25, 0.3) is 4.85 Å². The predicted molar refractivity (Wildman–Crippen MR) is 54.0 cm³/mol. The Morgan fingerprint density at radius 2 is 1.67 bits per heavy atom. The minimum atomic E-state index is -0.909. The van der Waals surface area contributed by atoms with Gasteiger partial charge in [-0.05, 0) is 6.92 Å². The molecule has 4 heteroatoms. The molecule has 0 spiro atoms. The first kappa shape index (κ1) is 22.6. The molecule has 2 nitrogen and oxygen atoms in total. The van der Waals surface area contributed by atoms with E-state index in [2.05, 4.69) is 4.85 Å². The van der Waals surface area contributed by atoms with Crippen LogP contribution in [0.1, 0.15) is 34.6 Å². The summed E-state index contributed by atoms with van der Waals surface area (Å²) in [5.74, 6) is 0.261. The van der Waals surface area contributed by atoms with Crippen LogP contribution in [0, 0.1) is 24.8 Å². The molecular weight excluding hydrogens is 240 g/mol. The van der Waals surface area contributed by atoms with Gasteiger partial charge in [-0.2, -0.15) is 5.92 Å². The van der Waals surface area contributed by atoms with Crippen LogP contribution in [0.15, 0.2) is 0 Å². The third-order valence-corrected chi connectivity index (χ3v) is 2.22. The number of carbonyl (C=O) groups is 1. The Labute approximate surface area is 179 Å². The van der Waals surface area contributed by atoms with Gasteiger partial charge in [0.15, 0.2) is 11.3 Å². The summed E-state index contributed by atoms with van der Waals surface area (Å²) in [6.45, 7) is 16.4.